The molecule has 0 aliphatic heterocycles. The summed E-state index contributed by atoms with van der Waals surface area (Å²) in [6.45, 7) is 0. The molecular formula is C2H2N3S. The lowest BCUT2D eigenvalue weighted by molar-refractivity contribution is 1.37. The second kappa shape index (κ2) is 1.22. The van der Waals surface area contributed by atoms with Gasteiger partial charge in [0.1, 0.15) is 0 Å². The molecule has 1 N–H and O–H groups in total. The largest absolute Gasteiger partial charge is 0.281 e. The normalized spacial score (nSPS) is 8.67. The summed E-state index contributed by atoms with van der Waals surface area (Å²) in [5, 5.41) is 0. The predicted octanol–water partition coefficient (Wildman–Crippen LogP) is 0.452. The van der Waals surface area contributed by atoms with Gasteiger partial charge < -0.3 is 0 Å². The summed E-state index contributed by atoms with van der Waals surface area (Å²) in [6, 6.07) is 0. The van der Waals surface area contributed by atoms with E-state index in [0.717, 1.165) is 11.7 Å². The molecule has 6 heavy (non-hydrogen) atoms. The third-order valence-corrected chi connectivity index (χ3v) is 0.839. The Hall–Kier alpha value is -0.640. The lowest BCUT2D eigenvalue weighted by Gasteiger charge is -1.61. The van der Waals surface area contributed by atoms with Crippen molar-refractivity contribution in [2.45, 2.75) is 0 Å². The Morgan fingerprint density at radius 2 is 2.67 bits per heavy atom. The van der Waals surface area contributed by atoms with Crippen LogP contribution in [0.1, 0.15) is 0 Å². The van der Waals surface area contributed by atoms with Crippen LogP contribution in [-0.2, 0) is 0 Å². The van der Waals surface area contributed by atoms with Gasteiger partial charge in [0.25, 0.3) is 0 Å². The van der Waals surface area contributed by atoms with Crippen molar-refractivity contribution in [2.75, 3.05) is 0 Å². The minimum absolute atomic E-state index is 0.250. The van der Waals surface area contributed by atoms with Gasteiger partial charge in [0, 0.05) is 0 Å². The molecule has 0 amide bonds. The van der Waals surface area contributed by atoms with Gasteiger partial charge in [0.15, 0.2) is 5.82 Å². The summed E-state index contributed by atoms with van der Waals surface area (Å²) in [5.74, 6) is 0.250. The van der Waals surface area contributed by atoms with Crippen LogP contribution in [0.15, 0.2) is 6.20 Å². The average molecular weight is 100 g/mol. The van der Waals surface area contributed by atoms with Crippen molar-refractivity contribution in [3.63, 3.8) is 0 Å². The Kier molecular flexibility index (Phi) is 0.719. The van der Waals surface area contributed by atoms with Gasteiger partial charge in [-0.15, -0.1) is 0 Å². The lowest BCUT2D eigenvalue weighted by Crippen LogP contribution is -1.57. The van der Waals surface area contributed by atoms with Gasteiger partial charge in [-0.3, -0.25) is 5.73 Å². The minimum Gasteiger partial charge on any atom is -0.281 e. The molecule has 0 aliphatic carbocycles. The monoisotopic (exact) mass is 100.0 g/mol. The third-order valence-electron chi connectivity index (χ3n) is 0.361. The maximum absolute atomic E-state index is 6.71. The molecular weight excluding hydrogens is 98.1 g/mol. The molecule has 4 heteroatoms. The van der Waals surface area contributed by atoms with Gasteiger partial charge in [-0.2, -0.15) is 8.75 Å². The molecule has 1 radical (unpaired) electrons. The van der Waals surface area contributed by atoms with Crippen LogP contribution in [-0.4, -0.2) is 8.75 Å². The Bertz CT molecular complexity index is 112. The predicted molar refractivity (Wildman–Crippen MR) is 22.7 cm³/mol. The molecule has 0 saturated carbocycles. The topological polar surface area (TPSA) is 49.6 Å². The standard InChI is InChI=1S/C2H2N3S/c3-2-1-4-6-5-2/h1,3H. The molecule has 0 aromatic carbocycles. The SMILES string of the molecule is [NH]c1cnsn1. The summed E-state index contributed by atoms with van der Waals surface area (Å²) < 4.78 is 7.08. The van der Waals surface area contributed by atoms with Crippen LogP contribution < -0.4 is 5.73 Å². The van der Waals surface area contributed by atoms with Crippen LogP contribution in [0.3, 0.4) is 0 Å². The molecule has 0 spiro atoms. The van der Waals surface area contributed by atoms with E-state index in [-0.39, 0.29) is 5.82 Å². The molecule has 0 fully saturated rings. The molecule has 3 nitrogen and oxygen atoms in total. The maximum atomic E-state index is 6.71. The second-order valence-electron chi connectivity index (χ2n) is 0.793. The van der Waals surface area contributed by atoms with Crippen LogP contribution in [0.25, 0.3) is 0 Å². The fraction of sp³-hybridized carbons (Fsp3) is 0. The fourth-order valence-electron chi connectivity index (χ4n) is 0.165. The first-order valence-electron chi connectivity index (χ1n) is 1.39. The maximum Gasteiger partial charge on any atom is 0.178 e. The molecule has 31 valence electrons. The highest BCUT2D eigenvalue weighted by molar-refractivity contribution is 6.99. The van der Waals surface area contributed by atoms with Crippen molar-refractivity contribution in [3.05, 3.63) is 6.20 Å². The molecule has 0 bridgehead atoms. The van der Waals surface area contributed by atoms with Gasteiger partial charge in [0.2, 0.25) is 0 Å². The molecule has 1 rings (SSSR count). The lowest BCUT2D eigenvalue weighted by atomic mass is 10.8. The van der Waals surface area contributed by atoms with Crippen molar-refractivity contribution < 1.29 is 0 Å². The Labute approximate surface area is 39.1 Å². The van der Waals surface area contributed by atoms with Gasteiger partial charge in [-0.1, -0.05) is 0 Å². The molecule has 1 aromatic rings. The highest BCUT2D eigenvalue weighted by atomic mass is 32.1. The molecule has 0 unspecified atom stereocenters. The van der Waals surface area contributed by atoms with Crippen molar-refractivity contribution in [3.8, 4) is 0 Å². The minimum atomic E-state index is 0.250. The van der Waals surface area contributed by atoms with Crippen LogP contribution in [0.4, 0.5) is 5.82 Å². The Balaban J connectivity index is 3.05. The summed E-state index contributed by atoms with van der Waals surface area (Å²) in [7, 11) is 0. The van der Waals surface area contributed by atoms with Crippen LogP contribution in [0.5, 0.6) is 0 Å². The first kappa shape index (κ1) is 3.55. The van der Waals surface area contributed by atoms with Crippen molar-refractivity contribution in [1.29, 1.82) is 0 Å². The zero-order valence-corrected chi connectivity index (χ0v) is 3.70. The second-order valence-corrected chi connectivity index (χ2v) is 1.35. The average Bonchev–Trinajstić information content (AvgIpc) is 1.86. The fourth-order valence-corrected chi connectivity index (χ4v) is 0.494. The van der Waals surface area contributed by atoms with E-state index >= 15 is 0 Å². The first-order valence-corrected chi connectivity index (χ1v) is 2.12. The van der Waals surface area contributed by atoms with Crippen LogP contribution in [0.2, 0.25) is 0 Å². The van der Waals surface area contributed by atoms with Crippen molar-refractivity contribution >= 4 is 17.5 Å². The van der Waals surface area contributed by atoms with E-state index in [1.807, 2.05) is 0 Å². The number of hydrogen-bond acceptors (Lipinski definition) is 3. The summed E-state index contributed by atoms with van der Waals surface area (Å²) >= 11 is 1.05. The van der Waals surface area contributed by atoms with E-state index in [1.54, 1.807) is 0 Å². The number of hydrogen-bond donors (Lipinski definition) is 0. The van der Waals surface area contributed by atoms with E-state index in [9.17, 15) is 0 Å². The quantitative estimate of drug-likeness (QED) is 0.475. The number of nitrogens with zero attached hydrogens (tertiary/aromatic N) is 2. The number of nitrogens with one attached hydrogen (secondary N) is 1. The van der Waals surface area contributed by atoms with E-state index < -0.39 is 0 Å². The zero-order chi connectivity index (χ0) is 4.41. The Morgan fingerprint density at radius 3 is 2.83 bits per heavy atom. The summed E-state index contributed by atoms with van der Waals surface area (Å²) in [4.78, 5) is 0. The molecule has 1 heterocycles. The van der Waals surface area contributed by atoms with Gasteiger partial charge in [-0.05, 0) is 0 Å². The highest BCUT2D eigenvalue weighted by Gasteiger charge is 1.80. The zero-order valence-electron chi connectivity index (χ0n) is 2.88. The molecule has 0 aliphatic rings. The summed E-state index contributed by atoms with van der Waals surface area (Å²) in [6.07, 6.45) is 1.41. The van der Waals surface area contributed by atoms with Crippen molar-refractivity contribution in [1.82, 2.24) is 14.5 Å². The van der Waals surface area contributed by atoms with Gasteiger partial charge in [0.05, 0.1) is 17.9 Å². The van der Waals surface area contributed by atoms with Crippen LogP contribution in [0, 0.1) is 0 Å². The molecule has 0 saturated heterocycles. The third kappa shape index (κ3) is 0.463. The summed E-state index contributed by atoms with van der Waals surface area (Å²) in [5.41, 5.74) is 6.71. The number of aromatic nitrogens is 2. The molecule has 1 aromatic heterocycles. The number of rotatable bonds is 0. The van der Waals surface area contributed by atoms with E-state index in [0.29, 0.717) is 0 Å². The Morgan fingerprint density at radius 1 is 1.83 bits per heavy atom. The van der Waals surface area contributed by atoms with E-state index in [1.165, 1.54) is 6.20 Å². The van der Waals surface area contributed by atoms with Crippen molar-refractivity contribution in [2.24, 2.45) is 0 Å². The van der Waals surface area contributed by atoms with Gasteiger partial charge >= 0.3 is 0 Å². The smallest absolute Gasteiger partial charge is 0.178 e. The van der Waals surface area contributed by atoms with E-state index in [4.69, 9.17) is 5.73 Å². The highest BCUT2D eigenvalue weighted by Crippen LogP contribution is 1.94. The van der Waals surface area contributed by atoms with Gasteiger partial charge in [-0.25, -0.2) is 0 Å². The van der Waals surface area contributed by atoms with Crippen LogP contribution >= 0.6 is 11.7 Å². The molecule has 0 atom stereocenters. The van der Waals surface area contributed by atoms with E-state index in [2.05, 4.69) is 8.75 Å². The first-order chi connectivity index (χ1) is 2.89.